The van der Waals surface area contributed by atoms with Gasteiger partial charge in [0.15, 0.2) is 0 Å². The van der Waals surface area contributed by atoms with Crippen molar-refractivity contribution in [3.8, 4) is 5.75 Å². The predicted molar refractivity (Wildman–Crippen MR) is 97.3 cm³/mol. The monoisotopic (exact) mass is 353 g/mol. The second-order valence-electron chi connectivity index (χ2n) is 6.16. The summed E-state index contributed by atoms with van der Waals surface area (Å²) < 4.78 is 18.3. The van der Waals surface area contributed by atoms with Gasteiger partial charge < -0.3 is 9.64 Å². The van der Waals surface area contributed by atoms with E-state index in [2.05, 4.69) is 0 Å². The Bertz CT molecular complexity index is 808. The van der Waals surface area contributed by atoms with E-state index >= 15 is 0 Å². The summed E-state index contributed by atoms with van der Waals surface area (Å²) in [5, 5.41) is 0. The number of nitrogens with zero attached hydrogens (tertiary/aromatic N) is 1. The zero-order chi connectivity index (χ0) is 18.4. The Morgan fingerprint density at radius 1 is 0.962 bits per heavy atom. The van der Waals surface area contributed by atoms with Crippen LogP contribution in [0.2, 0.25) is 0 Å². The summed E-state index contributed by atoms with van der Waals surface area (Å²) in [5.74, 6) is -0.796. The van der Waals surface area contributed by atoms with Crippen LogP contribution in [0.15, 0.2) is 54.6 Å². The van der Waals surface area contributed by atoms with Gasteiger partial charge in [0.2, 0.25) is 0 Å². The van der Waals surface area contributed by atoms with Crippen molar-refractivity contribution in [2.45, 2.75) is 19.3 Å². The van der Waals surface area contributed by atoms with Crippen molar-refractivity contribution in [1.82, 2.24) is 4.90 Å². The highest BCUT2D eigenvalue weighted by atomic mass is 19.1. The van der Waals surface area contributed by atoms with E-state index in [1.165, 1.54) is 24.3 Å². The molecule has 1 heterocycles. The molecule has 0 unspecified atom stereocenters. The number of likely N-dealkylation sites (tertiary alicyclic amines) is 1. The normalized spacial score (nSPS) is 14.4. The summed E-state index contributed by atoms with van der Waals surface area (Å²) in [6.07, 6.45) is 5.92. The molecule has 2 aromatic rings. The molecule has 0 aliphatic carbocycles. The topological polar surface area (TPSA) is 46.6 Å². The standard InChI is InChI=1S/C21H20FNO3/c22-17-11-8-16(9-12-17)10-13-20(24)26-19-7-3-2-6-18(19)21(25)23-14-4-1-5-15-23/h2-3,6-13H,1,4-5,14-15H2. The number of para-hydroxylation sites is 1. The number of carbonyl (C=O) groups excluding carboxylic acids is 2. The summed E-state index contributed by atoms with van der Waals surface area (Å²) in [7, 11) is 0. The van der Waals surface area contributed by atoms with Gasteiger partial charge in [-0.2, -0.15) is 0 Å². The maximum atomic E-state index is 12.9. The summed E-state index contributed by atoms with van der Waals surface area (Å²) in [4.78, 5) is 26.6. The van der Waals surface area contributed by atoms with Crippen LogP contribution in [-0.4, -0.2) is 29.9 Å². The van der Waals surface area contributed by atoms with Crippen molar-refractivity contribution < 1.29 is 18.7 Å². The van der Waals surface area contributed by atoms with Crippen LogP contribution in [0, 0.1) is 5.82 Å². The molecule has 26 heavy (non-hydrogen) atoms. The van der Waals surface area contributed by atoms with Gasteiger partial charge in [0.1, 0.15) is 11.6 Å². The molecule has 3 rings (SSSR count). The Morgan fingerprint density at radius 2 is 1.65 bits per heavy atom. The quantitative estimate of drug-likeness (QED) is 0.473. The smallest absolute Gasteiger partial charge is 0.336 e. The van der Waals surface area contributed by atoms with Crippen LogP contribution in [0.3, 0.4) is 0 Å². The van der Waals surface area contributed by atoms with Gasteiger partial charge in [0.05, 0.1) is 5.56 Å². The average Bonchev–Trinajstić information content (AvgIpc) is 2.68. The fraction of sp³-hybridized carbons (Fsp3) is 0.238. The van der Waals surface area contributed by atoms with Gasteiger partial charge in [-0.05, 0) is 55.2 Å². The lowest BCUT2D eigenvalue weighted by Crippen LogP contribution is -2.35. The molecule has 0 atom stereocenters. The fourth-order valence-electron chi connectivity index (χ4n) is 2.88. The second-order valence-corrected chi connectivity index (χ2v) is 6.16. The molecule has 0 N–H and O–H groups in total. The van der Waals surface area contributed by atoms with E-state index in [1.807, 2.05) is 0 Å². The number of ether oxygens (including phenoxy) is 1. The highest BCUT2D eigenvalue weighted by Gasteiger charge is 2.21. The highest BCUT2D eigenvalue weighted by Crippen LogP contribution is 2.22. The van der Waals surface area contributed by atoms with Crippen LogP contribution in [0.5, 0.6) is 5.75 Å². The summed E-state index contributed by atoms with van der Waals surface area (Å²) in [6, 6.07) is 12.5. The average molecular weight is 353 g/mol. The molecule has 2 aromatic carbocycles. The molecule has 4 nitrogen and oxygen atoms in total. The lowest BCUT2D eigenvalue weighted by atomic mass is 10.1. The molecule has 134 valence electrons. The Labute approximate surface area is 151 Å². The molecule has 1 aliphatic heterocycles. The van der Waals surface area contributed by atoms with Gasteiger partial charge in [-0.15, -0.1) is 0 Å². The number of rotatable bonds is 4. The molecule has 1 fully saturated rings. The van der Waals surface area contributed by atoms with Gasteiger partial charge in [-0.3, -0.25) is 4.79 Å². The number of piperidine rings is 1. The molecular formula is C21H20FNO3. The molecule has 0 radical (unpaired) electrons. The Hall–Kier alpha value is -2.95. The third kappa shape index (κ3) is 4.57. The zero-order valence-electron chi connectivity index (χ0n) is 14.4. The van der Waals surface area contributed by atoms with E-state index in [9.17, 15) is 14.0 Å². The van der Waals surface area contributed by atoms with Crippen LogP contribution in [-0.2, 0) is 4.79 Å². The maximum Gasteiger partial charge on any atom is 0.336 e. The molecular weight excluding hydrogens is 333 g/mol. The maximum absolute atomic E-state index is 12.9. The predicted octanol–water partition coefficient (Wildman–Crippen LogP) is 4.07. The minimum absolute atomic E-state index is 0.115. The largest absolute Gasteiger partial charge is 0.423 e. The number of hydrogen-bond acceptors (Lipinski definition) is 3. The molecule has 0 spiro atoms. The molecule has 5 heteroatoms. The van der Waals surface area contributed by atoms with Crippen LogP contribution in [0.25, 0.3) is 6.08 Å². The first-order chi connectivity index (χ1) is 12.6. The Balaban J connectivity index is 1.70. The Kier molecular flexibility index (Phi) is 5.79. The highest BCUT2D eigenvalue weighted by molar-refractivity contribution is 5.98. The molecule has 1 aliphatic rings. The molecule has 0 aromatic heterocycles. The van der Waals surface area contributed by atoms with Crippen molar-refractivity contribution in [3.05, 3.63) is 71.6 Å². The SMILES string of the molecule is O=C(C=Cc1ccc(F)cc1)Oc1ccccc1C(=O)N1CCCCC1. The third-order valence-corrected chi connectivity index (χ3v) is 4.25. The summed E-state index contributed by atoms with van der Waals surface area (Å²) in [5.41, 5.74) is 1.07. The van der Waals surface area contributed by atoms with E-state index in [1.54, 1.807) is 41.3 Å². The van der Waals surface area contributed by atoms with E-state index in [0.717, 1.165) is 32.4 Å². The zero-order valence-corrected chi connectivity index (χ0v) is 14.4. The fourth-order valence-corrected chi connectivity index (χ4v) is 2.88. The number of amides is 1. The van der Waals surface area contributed by atoms with Gasteiger partial charge >= 0.3 is 5.97 Å². The number of esters is 1. The number of halogens is 1. The number of benzene rings is 2. The lowest BCUT2D eigenvalue weighted by Gasteiger charge is -2.27. The van der Waals surface area contributed by atoms with Gasteiger partial charge in [-0.25, -0.2) is 9.18 Å². The third-order valence-electron chi connectivity index (χ3n) is 4.25. The van der Waals surface area contributed by atoms with Crippen molar-refractivity contribution in [3.63, 3.8) is 0 Å². The van der Waals surface area contributed by atoms with Crippen LogP contribution in [0.1, 0.15) is 35.2 Å². The molecule has 1 amide bonds. The summed E-state index contributed by atoms with van der Waals surface area (Å²) >= 11 is 0. The Morgan fingerprint density at radius 3 is 2.38 bits per heavy atom. The number of hydrogen-bond donors (Lipinski definition) is 0. The van der Waals surface area contributed by atoms with Crippen molar-refractivity contribution >= 4 is 18.0 Å². The van der Waals surface area contributed by atoms with Crippen molar-refractivity contribution in [2.75, 3.05) is 13.1 Å². The van der Waals surface area contributed by atoms with E-state index in [0.29, 0.717) is 11.1 Å². The first kappa shape index (κ1) is 17.9. The molecule has 1 saturated heterocycles. The van der Waals surface area contributed by atoms with Crippen molar-refractivity contribution in [2.24, 2.45) is 0 Å². The lowest BCUT2D eigenvalue weighted by molar-refractivity contribution is -0.128. The second kappa shape index (κ2) is 8.43. The minimum Gasteiger partial charge on any atom is -0.423 e. The van der Waals surface area contributed by atoms with Gasteiger partial charge in [0.25, 0.3) is 5.91 Å². The minimum atomic E-state index is -0.590. The molecule has 0 bridgehead atoms. The molecule has 0 saturated carbocycles. The van der Waals surface area contributed by atoms with E-state index in [4.69, 9.17) is 4.74 Å². The number of carbonyl (C=O) groups is 2. The first-order valence-corrected chi connectivity index (χ1v) is 8.67. The van der Waals surface area contributed by atoms with Crippen LogP contribution >= 0.6 is 0 Å². The van der Waals surface area contributed by atoms with Crippen molar-refractivity contribution in [1.29, 1.82) is 0 Å². The first-order valence-electron chi connectivity index (χ1n) is 8.67. The van der Waals surface area contributed by atoms with E-state index < -0.39 is 5.97 Å². The summed E-state index contributed by atoms with van der Waals surface area (Å²) in [6.45, 7) is 1.46. The van der Waals surface area contributed by atoms with Gasteiger partial charge in [0, 0.05) is 19.2 Å². The van der Waals surface area contributed by atoms with Crippen LogP contribution < -0.4 is 4.74 Å². The van der Waals surface area contributed by atoms with E-state index in [-0.39, 0.29) is 17.5 Å². The van der Waals surface area contributed by atoms with Gasteiger partial charge in [-0.1, -0.05) is 24.3 Å². The van der Waals surface area contributed by atoms with Crippen LogP contribution in [0.4, 0.5) is 4.39 Å².